The van der Waals surface area contributed by atoms with Crippen LogP contribution in [-0.4, -0.2) is 44.6 Å². The molecule has 1 N–H and O–H groups in total. The first kappa shape index (κ1) is 11.9. The standard InChI is InChI=1S/C15H18N4O/c20-13-3-1-11(2-4-13)14-9-19(17-16-14)15-10-18-7-5-12(15)6-8-18/h1-4,9,12,15,20H,5-8,10H2/t15-/m0/s1. The molecule has 1 aromatic carbocycles. The van der Waals surface area contributed by atoms with Crippen LogP contribution < -0.4 is 0 Å². The molecular formula is C15H18N4O. The molecule has 1 aromatic heterocycles. The molecule has 5 nitrogen and oxygen atoms in total. The second-order valence-corrected chi connectivity index (χ2v) is 5.84. The Hall–Kier alpha value is -1.88. The third kappa shape index (κ3) is 1.98. The molecule has 0 aliphatic carbocycles. The lowest BCUT2D eigenvalue weighted by Gasteiger charge is -2.44. The van der Waals surface area contributed by atoms with Gasteiger partial charge in [-0.1, -0.05) is 5.21 Å². The van der Waals surface area contributed by atoms with E-state index in [1.807, 2.05) is 23.0 Å². The molecule has 5 rings (SSSR count). The molecule has 20 heavy (non-hydrogen) atoms. The quantitative estimate of drug-likeness (QED) is 0.906. The predicted molar refractivity (Wildman–Crippen MR) is 75.3 cm³/mol. The monoisotopic (exact) mass is 270 g/mol. The van der Waals surface area contributed by atoms with E-state index in [-0.39, 0.29) is 5.75 Å². The summed E-state index contributed by atoms with van der Waals surface area (Å²) < 4.78 is 2.04. The largest absolute Gasteiger partial charge is 0.508 e. The van der Waals surface area contributed by atoms with Crippen molar-refractivity contribution >= 4 is 0 Å². The number of hydrogen-bond donors (Lipinski definition) is 1. The number of nitrogens with zero attached hydrogens (tertiary/aromatic N) is 4. The highest BCUT2D eigenvalue weighted by Crippen LogP contribution is 2.35. The maximum atomic E-state index is 9.34. The average Bonchev–Trinajstić information content (AvgIpc) is 2.99. The summed E-state index contributed by atoms with van der Waals surface area (Å²) in [5.74, 6) is 1.02. The van der Waals surface area contributed by atoms with Crippen molar-refractivity contribution in [2.75, 3.05) is 19.6 Å². The number of phenolic OH excluding ortho intramolecular Hbond substituents is 1. The summed E-state index contributed by atoms with van der Waals surface area (Å²) in [4.78, 5) is 2.52. The number of rotatable bonds is 2. The molecule has 3 saturated heterocycles. The maximum absolute atomic E-state index is 9.34. The van der Waals surface area contributed by atoms with E-state index in [1.165, 1.54) is 25.9 Å². The van der Waals surface area contributed by atoms with Crippen LogP contribution in [0.2, 0.25) is 0 Å². The van der Waals surface area contributed by atoms with Crippen LogP contribution in [0.15, 0.2) is 30.5 Å². The first-order chi connectivity index (χ1) is 9.79. The van der Waals surface area contributed by atoms with Crippen LogP contribution in [0.25, 0.3) is 11.3 Å². The zero-order valence-corrected chi connectivity index (χ0v) is 11.3. The van der Waals surface area contributed by atoms with Gasteiger partial charge in [-0.15, -0.1) is 5.10 Å². The lowest BCUT2D eigenvalue weighted by Crippen LogP contribution is -2.48. The average molecular weight is 270 g/mol. The summed E-state index contributed by atoms with van der Waals surface area (Å²) in [5.41, 5.74) is 1.87. The third-order valence-electron chi connectivity index (χ3n) is 4.63. The van der Waals surface area contributed by atoms with Crippen LogP contribution in [0, 0.1) is 5.92 Å². The Morgan fingerprint density at radius 1 is 1.10 bits per heavy atom. The molecule has 2 bridgehead atoms. The summed E-state index contributed by atoms with van der Waals surface area (Å²) in [5, 5.41) is 18.0. The van der Waals surface area contributed by atoms with Gasteiger partial charge in [-0.05, 0) is 56.1 Å². The van der Waals surface area contributed by atoms with Gasteiger partial charge in [0.05, 0.1) is 12.2 Å². The van der Waals surface area contributed by atoms with E-state index in [1.54, 1.807) is 12.1 Å². The first-order valence-corrected chi connectivity index (χ1v) is 7.23. The first-order valence-electron chi connectivity index (χ1n) is 7.23. The Labute approximate surface area is 117 Å². The van der Waals surface area contributed by atoms with Gasteiger partial charge in [-0.25, -0.2) is 4.68 Å². The van der Waals surface area contributed by atoms with Crippen molar-refractivity contribution in [3.05, 3.63) is 30.5 Å². The van der Waals surface area contributed by atoms with Crippen molar-refractivity contribution in [3.63, 3.8) is 0 Å². The van der Waals surface area contributed by atoms with E-state index in [0.717, 1.165) is 23.7 Å². The van der Waals surface area contributed by atoms with Crippen molar-refractivity contribution in [1.82, 2.24) is 19.9 Å². The van der Waals surface area contributed by atoms with Gasteiger partial charge in [0.15, 0.2) is 0 Å². The topological polar surface area (TPSA) is 54.2 Å². The second kappa shape index (κ2) is 4.59. The van der Waals surface area contributed by atoms with Crippen molar-refractivity contribution in [2.45, 2.75) is 18.9 Å². The van der Waals surface area contributed by atoms with E-state index >= 15 is 0 Å². The molecule has 0 radical (unpaired) electrons. The van der Waals surface area contributed by atoms with Crippen LogP contribution in [0.4, 0.5) is 0 Å². The lowest BCUT2D eigenvalue weighted by molar-refractivity contribution is 0.0504. The second-order valence-electron chi connectivity index (χ2n) is 5.84. The summed E-state index contributed by atoms with van der Waals surface area (Å²) in [7, 11) is 0. The van der Waals surface area contributed by atoms with Crippen LogP contribution in [0.5, 0.6) is 5.75 Å². The Morgan fingerprint density at radius 3 is 2.50 bits per heavy atom. The molecule has 104 valence electrons. The van der Waals surface area contributed by atoms with Gasteiger partial charge in [0.25, 0.3) is 0 Å². The van der Waals surface area contributed by atoms with Gasteiger partial charge in [0.2, 0.25) is 0 Å². The maximum Gasteiger partial charge on any atom is 0.115 e. The Kier molecular flexibility index (Phi) is 2.73. The Balaban J connectivity index is 1.60. The van der Waals surface area contributed by atoms with Crippen LogP contribution >= 0.6 is 0 Å². The van der Waals surface area contributed by atoms with Crippen LogP contribution in [0.3, 0.4) is 0 Å². The molecule has 0 spiro atoms. The molecule has 1 atom stereocenters. The normalized spacial score (nSPS) is 28.7. The summed E-state index contributed by atoms with van der Waals surface area (Å²) in [6.45, 7) is 3.57. The molecule has 0 unspecified atom stereocenters. The summed E-state index contributed by atoms with van der Waals surface area (Å²) >= 11 is 0. The van der Waals surface area contributed by atoms with Crippen LogP contribution in [-0.2, 0) is 0 Å². The smallest absolute Gasteiger partial charge is 0.115 e. The molecule has 4 heterocycles. The van der Waals surface area contributed by atoms with Gasteiger partial charge in [0, 0.05) is 12.1 Å². The molecule has 3 aliphatic rings. The van der Waals surface area contributed by atoms with E-state index in [9.17, 15) is 5.11 Å². The Bertz CT molecular complexity index is 599. The zero-order valence-electron chi connectivity index (χ0n) is 11.3. The SMILES string of the molecule is Oc1ccc(-c2cn([C@H]3CN4CCC3CC4)nn2)cc1. The Morgan fingerprint density at radius 2 is 1.85 bits per heavy atom. The van der Waals surface area contributed by atoms with Crippen molar-refractivity contribution < 1.29 is 5.11 Å². The van der Waals surface area contributed by atoms with Gasteiger partial charge in [-0.2, -0.15) is 0 Å². The van der Waals surface area contributed by atoms with E-state index in [0.29, 0.717) is 6.04 Å². The third-order valence-corrected chi connectivity index (χ3v) is 4.63. The number of hydrogen-bond acceptors (Lipinski definition) is 4. The highest BCUT2D eigenvalue weighted by Gasteiger charge is 2.35. The number of fused-ring (bicyclic) bond motifs is 3. The fourth-order valence-electron chi connectivity index (χ4n) is 3.44. The number of aromatic nitrogens is 3. The molecule has 0 saturated carbocycles. The predicted octanol–water partition coefficient (Wildman–Crippen LogP) is 1.92. The minimum atomic E-state index is 0.276. The molecule has 3 aliphatic heterocycles. The van der Waals surface area contributed by atoms with Gasteiger partial charge in [-0.3, -0.25) is 0 Å². The number of phenols is 1. The fourth-order valence-corrected chi connectivity index (χ4v) is 3.44. The fraction of sp³-hybridized carbons (Fsp3) is 0.467. The highest BCUT2D eigenvalue weighted by molar-refractivity contribution is 5.58. The molecule has 5 heteroatoms. The number of aromatic hydroxyl groups is 1. The summed E-state index contributed by atoms with van der Waals surface area (Å²) in [6.07, 6.45) is 4.59. The minimum absolute atomic E-state index is 0.276. The lowest BCUT2D eigenvalue weighted by atomic mass is 9.84. The van der Waals surface area contributed by atoms with Gasteiger partial charge < -0.3 is 10.0 Å². The van der Waals surface area contributed by atoms with E-state index < -0.39 is 0 Å². The number of benzene rings is 1. The van der Waals surface area contributed by atoms with Crippen molar-refractivity contribution in [2.24, 2.45) is 5.92 Å². The highest BCUT2D eigenvalue weighted by atomic mass is 16.3. The van der Waals surface area contributed by atoms with Gasteiger partial charge >= 0.3 is 0 Å². The van der Waals surface area contributed by atoms with Crippen molar-refractivity contribution in [3.8, 4) is 17.0 Å². The molecule has 2 aromatic rings. The van der Waals surface area contributed by atoms with Crippen molar-refractivity contribution in [1.29, 1.82) is 0 Å². The summed E-state index contributed by atoms with van der Waals surface area (Å²) in [6, 6.07) is 7.59. The van der Waals surface area contributed by atoms with Gasteiger partial charge in [0.1, 0.15) is 11.4 Å². The zero-order chi connectivity index (χ0) is 13.5. The number of piperidine rings is 3. The van der Waals surface area contributed by atoms with E-state index in [2.05, 4.69) is 15.2 Å². The molecule has 3 fully saturated rings. The minimum Gasteiger partial charge on any atom is -0.508 e. The van der Waals surface area contributed by atoms with Crippen LogP contribution in [0.1, 0.15) is 18.9 Å². The van der Waals surface area contributed by atoms with E-state index in [4.69, 9.17) is 0 Å². The molecular weight excluding hydrogens is 252 g/mol. The molecule has 0 amide bonds.